The molecular formula is C26H32O2. The van der Waals surface area contributed by atoms with Crippen LogP contribution in [0.1, 0.15) is 61.8 Å². The Morgan fingerprint density at radius 2 is 1.11 bits per heavy atom. The maximum atomic E-state index is 8.77. The number of hydrogen-bond donors (Lipinski definition) is 1. The molecule has 148 valence electrons. The van der Waals surface area contributed by atoms with Crippen LogP contribution in [0.25, 0.3) is 0 Å². The SMILES string of the molecule is CC(C)c1ccc(CO)cc1.CC(C)c1ccc(COc2ccccc2)cc1. The van der Waals surface area contributed by atoms with Gasteiger partial charge in [-0.3, -0.25) is 0 Å². The lowest BCUT2D eigenvalue weighted by molar-refractivity contribution is 0.282. The Morgan fingerprint density at radius 1 is 0.643 bits per heavy atom. The monoisotopic (exact) mass is 376 g/mol. The Labute approximate surface area is 169 Å². The first-order chi connectivity index (χ1) is 13.5. The predicted molar refractivity (Wildman–Crippen MR) is 118 cm³/mol. The molecule has 0 aliphatic carbocycles. The van der Waals surface area contributed by atoms with Crippen molar-refractivity contribution >= 4 is 0 Å². The Morgan fingerprint density at radius 3 is 1.54 bits per heavy atom. The van der Waals surface area contributed by atoms with E-state index in [1.54, 1.807) is 0 Å². The second-order valence-corrected chi connectivity index (χ2v) is 7.55. The van der Waals surface area contributed by atoms with E-state index in [1.165, 1.54) is 16.7 Å². The van der Waals surface area contributed by atoms with Gasteiger partial charge in [-0.25, -0.2) is 0 Å². The van der Waals surface area contributed by atoms with Crippen LogP contribution in [0.5, 0.6) is 5.75 Å². The fourth-order valence-electron chi connectivity index (χ4n) is 2.69. The molecule has 3 aromatic carbocycles. The Kier molecular flexibility index (Phi) is 8.77. The molecule has 0 amide bonds. The first-order valence-corrected chi connectivity index (χ1v) is 9.96. The molecular weight excluding hydrogens is 344 g/mol. The molecule has 3 aromatic rings. The summed E-state index contributed by atoms with van der Waals surface area (Å²) >= 11 is 0. The molecule has 2 nitrogen and oxygen atoms in total. The van der Waals surface area contributed by atoms with Gasteiger partial charge in [0, 0.05) is 0 Å². The van der Waals surface area contributed by atoms with Gasteiger partial charge in [-0.05, 0) is 46.2 Å². The first kappa shape index (κ1) is 21.7. The molecule has 0 heterocycles. The van der Waals surface area contributed by atoms with E-state index in [4.69, 9.17) is 9.84 Å². The second kappa shape index (κ2) is 11.3. The van der Waals surface area contributed by atoms with Crippen LogP contribution in [0.3, 0.4) is 0 Å². The Hall–Kier alpha value is -2.58. The summed E-state index contributed by atoms with van der Waals surface area (Å²) in [6, 6.07) is 26.6. The minimum absolute atomic E-state index is 0.137. The highest BCUT2D eigenvalue weighted by atomic mass is 16.5. The minimum Gasteiger partial charge on any atom is -0.489 e. The van der Waals surface area contributed by atoms with Gasteiger partial charge in [0.1, 0.15) is 12.4 Å². The topological polar surface area (TPSA) is 29.5 Å². The summed E-state index contributed by atoms with van der Waals surface area (Å²) in [6.45, 7) is 9.49. The van der Waals surface area contributed by atoms with Crippen molar-refractivity contribution in [1.82, 2.24) is 0 Å². The van der Waals surface area contributed by atoms with Crippen LogP contribution >= 0.6 is 0 Å². The van der Waals surface area contributed by atoms with Crippen LogP contribution in [0.4, 0.5) is 0 Å². The summed E-state index contributed by atoms with van der Waals surface area (Å²) in [4.78, 5) is 0. The van der Waals surface area contributed by atoms with Gasteiger partial charge in [0.05, 0.1) is 6.61 Å². The van der Waals surface area contributed by atoms with E-state index in [-0.39, 0.29) is 6.61 Å². The largest absolute Gasteiger partial charge is 0.489 e. The van der Waals surface area contributed by atoms with Crippen molar-refractivity contribution in [2.75, 3.05) is 0 Å². The molecule has 0 saturated heterocycles. The second-order valence-electron chi connectivity index (χ2n) is 7.55. The van der Waals surface area contributed by atoms with Crippen molar-refractivity contribution < 1.29 is 9.84 Å². The molecule has 0 bridgehead atoms. The third-order valence-electron chi connectivity index (χ3n) is 4.62. The third-order valence-corrected chi connectivity index (χ3v) is 4.62. The number of para-hydroxylation sites is 1. The summed E-state index contributed by atoms with van der Waals surface area (Å²) in [7, 11) is 0. The van der Waals surface area contributed by atoms with Crippen LogP contribution in [0.15, 0.2) is 78.9 Å². The molecule has 0 aliphatic rings. The minimum atomic E-state index is 0.137. The van der Waals surface area contributed by atoms with E-state index in [0.29, 0.717) is 18.4 Å². The summed E-state index contributed by atoms with van der Waals surface area (Å²) in [5, 5.41) is 8.77. The molecule has 0 saturated carbocycles. The molecule has 1 N–H and O–H groups in total. The molecule has 3 rings (SSSR count). The number of rotatable bonds is 6. The number of aliphatic hydroxyl groups excluding tert-OH is 1. The Balaban J connectivity index is 0.000000221. The van der Waals surface area contributed by atoms with Crippen molar-refractivity contribution in [2.24, 2.45) is 0 Å². The first-order valence-electron chi connectivity index (χ1n) is 9.96. The number of benzene rings is 3. The van der Waals surface area contributed by atoms with E-state index in [9.17, 15) is 0 Å². The van der Waals surface area contributed by atoms with Crippen molar-refractivity contribution in [2.45, 2.75) is 52.7 Å². The van der Waals surface area contributed by atoms with Crippen LogP contribution in [0.2, 0.25) is 0 Å². The average Bonchev–Trinajstić information content (AvgIpc) is 2.74. The highest BCUT2D eigenvalue weighted by molar-refractivity contribution is 5.26. The zero-order valence-corrected chi connectivity index (χ0v) is 17.4. The summed E-state index contributed by atoms with van der Waals surface area (Å²) in [5.41, 5.74) is 4.88. The molecule has 0 aliphatic heterocycles. The maximum absolute atomic E-state index is 8.77. The van der Waals surface area contributed by atoms with Crippen LogP contribution in [-0.2, 0) is 13.2 Å². The molecule has 0 fully saturated rings. The van der Waals surface area contributed by atoms with E-state index in [2.05, 4.69) is 64.1 Å². The normalized spacial score (nSPS) is 10.5. The van der Waals surface area contributed by atoms with Gasteiger partial charge in [0.25, 0.3) is 0 Å². The van der Waals surface area contributed by atoms with Gasteiger partial charge in [-0.1, -0.05) is 94.4 Å². The zero-order chi connectivity index (χ0) is 20.4. The smallest absolute Gasteiger partial charge is 0.119 e. The van der Waals surface area contributed by atoms with Gasteiger partial charge >= 0.3 is 0 Å². The fourth-order valence-corrected chi connectivity index (χ4v) is 2.69. The van der Waals surface area contributed by atoms with Gasteiger partial charge in [-0.15, -0.1) is 0 Å². The van der Waals surface area contributed by atoms with E-state index < -0.39 is 0 Å². The van der Waals surface area contributed by atoms with Crippen molar-refractivity contribution in [3.63, 3.8) is 0 Å². The molecule has 0 atom stereocenters. The van der Waals surface area contributed by atoms with Gasteiger partial charge in [-0.2, -0.15) is 0 Å². The molecule has 0 unspecified atom stereocenters. The molecule has 0 aromatic heterocycles. The van der Waals surface area contributed by atoms with Gasteiger partial charge < -0.3 is 9.84 Å². The number of aliphatic hydroxyl groups is 1. The lowest BCUT2D eigenvalue weighted by Crippen LogP contribution is -1.96. The van der Waals surface area contributed by atoms with Crippen molar-refractivity contribution in [3.8, 4) is 5.75 Å². The lowest BCUT2D eigenvalue weighted by atomic mass is 10.0. The number of hydrogen-bond acceptors (Lipinski definition) is 2. The van der Waals surface area contributed by atoms with Crippen LogP contribution in [0, 0.1) is 0 Å². The highest BCUT2D eigenvalue weighted by Gasteiger charge is 2.00. The molecule has 2 heteroatoms. The fraction of sp³-hybridized carbons (Fsp3) is 0.308. The maximum Gasteiger partial charge on any atom is 0.119 e. The third kappa shape index (κ3) is 7.21. The average molecular weight is 377 g/mol. The van der Waals surface area contributed by atoms with E-state index in [1.807, 2.05) is 42.5 Å². The highest BCUT2D eigenvalue weighted by Crippen LogP contribution is 2.17. The summed E-state index contributed by atoms with van der Waals surface area (Å²) in [6.07, 6.45) is 0. The molecule has 28 heavy (non-hydrogen) atoms. The van der Waals surface area contributed by atoms with Crippen LogP contribution < -0.4 is 4.74 Å². The molecule has 0 spiro atoms. The predicted octanol–water partition coefficient (Wildman–Crippen LogP) is 6.69. The van der Waals surface area contributed by atoms with Crippen LogP contribution in [-0.4, -0.2) is 5.11 Å². The van der Waals surface area contributed by atoms with E-state index >= 15 is 0 Å². The van der Waals surface area contributed by atoms with E-state index in [0.717, 1.165) is 11.3 Å². The van der Waals surface area contributed by atoms with Gasteiger partial charge in [0.15, 0.2) is 0 Å². The summed E-state index contributed by atoms with van der Waals surface area (Å²) < 4.78 is 5.69. The lowest BCUT2D eigenvalue weighted by Gasteiger charge is -2.08. The standard InChI is InChI=1S/C16H18O.C10H14O/c1-13(2)15-10-8-14(9-11-15)12-17-16-6-4-3-5-7-16;1-8(2)10-5-3-9(7-11)4-6-10/h3-11,13H,12H2,1-2H3;3-6,8,11H,7H2,1-2H3. The number of ether oxygens (including phenoxy) is 1. The zero-order valence-electron chi connectivity index (χ0n) is 17.4. The summed E-state index contributed by atoms with van der Waals surface area (Å²) in [5.74, 6) is 2.07. The van der Waals surface area contributed by atoms with Crippen molar-refractivity contribution in [1.29, 1.82) is 0 Å². The molecule has 0 radical (unpaired) electrons. The van der Waals surface area contributed by atoms with Crippen molar-refractivity contribution in [3.05, 3.63) is 101 Å². The Bertz CT molecular complexity index is 788. The van der Waals surface area contributed by atoms with Gasteiger partial charge in [0.2, 0.25) is 0 Å². The quantitative estimate of drug-likeness (QED) is 0.519.